The van der Waals surface area contributed by atoms with Crippen molar-refractivity contribution >= 4 is 12.6 Å². The Labute approximate surface area is 86.0 Å². The van der Waals surface area contributed by atoms with E-state index in [9.17, 15) is 0 Å². The molecule has 0 spiro atoms. The number of fused-ring (bicyclic) bond motifs is 1. The number of likely N-dealkylation sites (tertiary alicyclic amines) is 1. The SMILES string of the molecule is CN1CC2C[C@@H]2[C@H]1COC(C)(C)S. The Morgan fingerprint density at radius 3 is 2.69 bits per heavy atom. The Hall–Kier alpha value is 0.270. The molecule has 0 radical (unpaired) electrons. The monoisotopic (exact) mass is 201 g/mol. The fourth-order valence-electron chi connectivity index (χ4n) is 2.32. The molecule has 0 bridgehead atoms. The molecule has 1 heterocycles. The maximum Gasteiger partial charge on any atom is 0.105 e. The van der Waals surface area contributed by atoms with Crippen molar-refractivity contribution in [2.45, 2.75) is 31.2 Å². The van der Waals surface area contributed by atoms with Crippen molar-refractivity contribution in [2.75, 3.05) is 20.2 Å². The van der Waals surface area contributed by atoms with Crippen LogP contribution < -0.4 is 0 Å². The highest BCUT2D eigenvalue weighted by Gasteiger charge is 2.51. The Morgan fingerprint density at radius 2 is 2.23 bits per heavy atom. The third kappa shape index (κ3) is 2.20. The van der Waals surface area contributed by atoms with Crippen LogP contribution in [0.2, 0.25) is 0 Å². The molecule has 0 amide bonds. The molecule has 1 saturated carbocycles. The van der Waals surface area contributed by atoms with Gasteiger partial charge in [-0.3, -0.25) is 0 Å². The first-order valence-corrected chi connectivity index (χ1v) is 5.48. The van der Waals surface area contributed by atoms with Crippen LogP contribution in [0.4, 0.5) is 0 Å². The second-order valence-corrected chi connectivity index (χ2v) is 6.00. The van der Waals surface area contributed by atoms with E-state index in [4.69, 9.17) is 4.74 Å². The molecule has 2 nitrogen and oxygen atoms in total. The van der Waals surface area contributed by atoms with Gasteiger partial charge in [-0.15, -0.1) is 12.6 Å². The van der Waals surface area contributed by atoms with E-state index in [1.165, 1.54) is 13.0 Å². The molecule has 0 aromatic rings. The number of hydrogen-bond acceptors (Lipinski definition) is 3. The molecule has 1 aliphatic heterocycles. The van der Waals surface area contributed by atoms with E-state index in [-0.39, 0.29) is 4.93 Å². The van der Waals surface area contributed by atoms with Crippen LogP contribution in [0.5, 0.6) is 0 Å². The standard InChI is InChI=1S/C10H19NOS/c1-10(2,13)12-6-9-8-4-7(8)5-11(9)3/h7-9,13H,4-6H2,1-3H3/t7?,8-,9+/m0/s1. The Bertz CT molecular complexity index is 200. The number of piperidine rings is 1. The molecule has 0 aromatic carbocycles. The third-order valence-corrected chi connectivity index (χ3v) is 3.30. The van der Waals surface area contributed by atoms with Gasteiger partial charge in [0.15, 0.2) is 0 Å². The first-order chi connectivity index (χ1) is 5.97. The van der Waals surface area contributed by atoms with Crippen LogP contribution in [-0.4, -0.2) is 36.1 Å². The van der Waals surface area contributed by atoms with Crippen LogP contribution in [0.15, 0.2) is 0 Å². The maximum absolute atomic E-state index is 5.70. The Kier molecular flexibility index (Phi) is 2.37. The maximum atomic E-state index is 5.70. The first-order valence-electron chi connectivity index (χ1n) is 5.04. The highest BCUT2D eigenvalue weighted by molar-refractivity contribution is 7.81. The molecule has 2 aliphatic rings. The van der Waals surface area contributed by atoms with Gasteiger partial charge in [-0.2, -0.15) is 0 Å². The van der Waals surface area contributed by atoms with E-state index < -0.39 is 0 Å². The minimum atomic E-state index is -0.284. The minimum absolute atomic E-state index is 0.284. The quantitative estimate of drug-likeness (QED) is 0.550. The highest BCUT2D eigenvalue weighted by atomic mass is 32.1. The molecule has 0 N–H and O–H groups in total. The van der Waals surface area contributed by atoms with Gasteiger partial charge < -0.3 is 9.64 Å². The second kappa shape index (κ2) is 3.14. The van der Waals surface area contributed by atoms with Crippen LogP contribution in [0.1, 0.15) is 20.3 Å². The summed E-state index contributed by atoms with van der Waals surface area (Å²) in [5.41, 5.74) is 0. The van der Waals surface area contributed by atoms with Crippen LogP contribution in [0, 0.1) is 11.8 Å². The van der Waals surface area contributed by atoms with Crippen LogP contribution in [0.3, 0.4) is 0 Å². The van der Waals surface area contributed by atoms with Gasteiger partial charge in [-0.05, 0) is 39.2 Å². The summed E-state index contributed by atoms with van der Waals surface area (Å²) in [4.78, 5) is 2.15. The Balaban J connectivity index is 1.81. The van der Waals surface area contributed by atoms with E-state index in [2.05, 4.69) is 24.6 Å². The van der Waals surface area contributed by atoms with Gasteiger partial charge in [-0.1, -0.05) is 0 Å². The topological polar surface area (TPSA) is 12.5 Å². The molecule has 1 aliphatic carbocycles. The Morgan fingerprint density at radius 1 is 1.54 bits per heavy atom. The van der Waals surface area contributed by atoms with Crippen molar-refractivity contribution in [1.29, 1.82) is 0 Å². The summed E-state index contributed by atoms with van der Waals surface area (Å²) in [6.07, 6.45) is 1.42. The number of likely N-dealkylation sites (N-methyl/N-ethyl adjacent to an activating group) is 1. The van der Waals surface area contributed by atoms with Crippen molar-refractivity contribution in [1.82, 2.24) is 4.90 Å². The number of hydrogen-bond donors (Lipinski definition) is 1. The van der Waals surface area contributed by atoms with Crippen LogP contribution >= 0.6 is 12.6 Å². The molecule has 1 unspecified atom stereocenters. The first kappa shape index (κ1) is 9.81. The third-order valence-electron chi connectivity index (χ3n) is 3.17. The van der Waals surface area contributed by atoms with Crippen molar-refractivity contribution in [3.05, 3.63) is 0 Å². The van der Waals surface area contributed by atoms with Gasteiger partial charge in [0.1, 0.15) is 4.93 Å². The summed E-state index contributed by atoms with van der Waals surface area (Å²) in [6.45, 7) is 6.10. The van der Waals surface area contributed by atoms with Gasteiger partial charge >= 0.3 is 0 Å². The summed E-state index contributed by atoms with van der Waals surface area (Å²) < 4.78 is 5.70. The van der Waals surface area contributed by atoms with Gasteiger partial charge in [-0.25, -0.2) is 0 Å². The molecular weight excluding hydrogens is 182 g/mol. The van der Waals surface area contributed by atoms with Crippen molar-refractivity contribution in [3.8, 4) is 0 Å². The highest BCUT2D eigenvalue weighted by Crippen LogP contribution is 2.49. The number of nitrogens with zero attached hydrogens (tertiary/aromatic N) is 1. The summed E-state index contributed by atoms with van der Waals surface area (Å²) in [6, 6.07) is 0.649. The zero-order valence-corrected chi connectivity index (χ0v) is 9.55. The lowest BCUT2D eigenvalue weighted by atomic mass is 10.2. The number of thiol groups is 1. The molecule has 2 fully saturated rings. The number of rotatable bonds is 3. The van der Waals surface area contributed by atoms with Crippen molar-refractivity contribution in [3.63, 3.8) is 0 Å². The van der Waals surface area contributed by atoms with Crippen LogP contribution in [-0.2, 0) is 4.74 Å². The molecule has 3 atom stereocenters. The second-order valence-electron chi connectivity index (χ2n) is 4.92. The summed E-state index contributed by atoms with van der Waals surface area (Å²) in [7, 11) is 2.20. The van der Waals surface area contributed by atoms with E-state index in [0.717, 1.165) is 18.4 Å². The van der Waals surface area contributed by atoms with E-state index in [1.54, 1.807) is 0 Å². The molecule has 1 saturated heterocycles. The summed E-state index contributed by atoms with van der Waals surface area (Å²) in [5, 5.41) is 0. The van der Waals surface area contributed by atoms with Gasteiger partial charge in [0, 0.05) is 12.6 Å². The molecule has 0 aromatic heterocycles. The normalized spacial score (nSPS) is 39.2. The largest absolute Gasteiger partial charge is 0.364 e. The van der Waals surface area contributed by atoms with E-state index >= 15 is 0 Å². The van der Waals surface area contributed by atoms with E-state index in [1.807, 2.05) is 13.8 Å². The fourth-order valence-corrected chi connectivity index (χ4v) is 2.40. The van der Waals surface area contributed by atoms with Gasteiger partial charge in [0.05, 0.1) is 6.61 Å². The molecule has 76 valence electrons. The summed E-state index contributed by atoms with van der Waals surface area (Å²) in [5.74, 6) is 1.89. The van der Waals surface area contributed by atoms with Gasteiger partial charge in [0.25, 0.3) is 0 Å². The molecule has 3 heteroatoms. The average Bonchev–Trinajstić information content (AvgIpc) is 2.60. The van der Waals surface area contributed by atoms with Crippen molar-refractivity contribution < 1.29 is 4.74 Å². The smallest absolute Gasteiger partial charge is 0.105 e. The molecule has 13 heavy (non-hydrogen) atoms. The van der Waals surface area contributed by atoms with Crippen LogP contribution in [0.25, 0.3) is 0 Å². The van der Waals surface area contributed by atoms with Crippen molar-refractivity contribution in [2.24, 2.45) is 11.8 Å². The summed E-state index contributed by atoms with van der Waals surface area (Å²) >= 11 is 4.36. The predicted molar refractivity (Wildman–Crippen MR) is 57.0 cm³/mol. The fraction of sp³-hybridized carbons (Fsp3) is 1.00. The van der Waals surface area contributed by atoms with E-state index in [0.29, 0.717) is 6.04 Å². The molecular formula is C10H19NOS. The number of ether oxygens (including phenoxy) is 1. The lowest BCUT2D eigenvalue weighted by Crippen LogP contribution is -2.35. The lowest BCUT2D eigenvalue weighted by molar-refractivity contribution is 0.0165. The molecule has 2 rings (SSSR count). The minimum Gasteiger partial charge on any atom is -0.364 e. The zero-order chi connectivity index (χ0) is 9.64. The lowest BCUT2D eigenvalue weighted by Gasteiger charge is -2.27. The van der Waals surface area contributed by atoms with Gasteiger partial charge in [0.2, 0.25) is 0 Å². The zero-order valence-electron chi connectivity index (χ0n) is 8.66. The predicted octanol–water partition coefficient (Wildman–Crippen LogP) is 1.62. The average molecular weight is 201 g/mol.